The summed E-state index contributed by atoms with van der Waals surface area (Å²) in [5.41, 5.74) is 1.39. The number of nitrogens with zero attached hydrogens (tertiary/aromatic N) is 1. The second kappa shape index (κ2) is 7.70. The van der Waals surface area contributed by atoms with Crippen molar-refractivity contribution in [2.45, 2.75) is 12.6 Å². The van der Waals surface area contributed by atoms with E-state index in [2.05, 4.69) is 0 Å². The van der Waals surface area contributed by atoms with Crippen LogP contribution in [0.5, 0.6) is 5.75 Å². The summed E-state index contributed by atoms with van der Waals surface area (Å²) in [7, 11) is 1.60. The molecule has 131 valence electrons. The molecule has 0 fully saturated rings. The SMILES string of the molecule is COc1ccc2cc(C([C]=O)N(Cc3ccccc3)C(=O)O)ccc2c1. The lowest BCUT2D eigenvalue weighted by molar-refractivity contribution is 0.133. The van der Waals surface area contributed by atoms with E-state index in [4.69, 9.17) is 4.74 Å². The van der Waals surface area contributed by atoms with E-state index in [0.29, 0.717) is 5.56 Å². The average molecular weight is 348 g/mol. The van der Waals surface area contributed by atoms with E-state index < -0.39 is 12.1 Å². The lowest BCUT2D eigenvalue weighted by atomic mass is 10.0. The van der Waals surface area contributed by atoms with Crippen molar-refractivity contribution in [3.05, 3.63) is 77.9 Å². The monoisotopic (exact) mass is 348 g/mol. The third-order valence-corrected chi connectivity index (χ3v) is 4.25. The molecular weight excluding hydrogens is 330 g/mol. The molecule has 3 rings (SSSR count). The number of fused-ring (bicyclic) bond motifs is 1. The van der Waals surface area contributed by atoms with Crippen LogP contribution in [-0.4, -0.2) is 29.5 Å². The van der Waals surface area contributed by atoms with Crippen LogP contribution < -0.4 is 4.74 Å². The Morgan fingerprint density at radius 1 is 1.08 bits per heavy atom. The van der Waals surface area contributed by atoms with Crippen molar-refractivity contribution in [1.82, 2.24) is 4.90 Å². The fourth-order valence-electron chi connectivity index (χ4n) is 2.90. The first-order chi connectivity index (χ1) is 12.6. The standard InChI is InChI=1S/C21H18NO4/c1-26-19-10-9-16-11-18(8-7-17(16)12-19)20(14-23)22(21(24)25)13-15-5-3-2-4-6-15/h2-12,20H,13H2,1H3,(H,24,25). The van der Waals surface area contributed by atoms with Gasteiger partial charge in [-0.05, 0) is 40.1 Å². The number of carbonyl (C=O) groups excluding carboxylic acids is 1. The molecule has 0 saturated heterocycles. The highest BCUT2D eigenvalue weighted by molar-refractivity contribution is 5.86. The molecule has 0 aromatic heterocycles. The van der Waals surface area contributed by atoms with Gasteiger partial charge in [-0.25, -0.2) is 4.79 Å². The summed E-state index contributed by atoms with van der Waals surface area (Å²) < 4.78 is 5.21. The van der Waals surface area contributed by atoms with Crippen LogP contribution in [0, 0.1) is 0 Å². The van der Waals surface area contributed by atoms with Gasteiger partial charge in [0.15, 0.2) is 0 Å². The Labute approximate surface area is 151 Å². The van der Waals surface area contributed by atoms with Gasteiger partial charge in [0.2, 0.25) is 6.29 Å². The zero-order chi connectivity index (χ0) is 18.5. The predicted octanol–water partition coefficient (Wildman–Crippen LogP) is 4.18. The van der Waals surface area contributed by atoms with Gasteiger partial charge in [0, 0.05) is 0 Å². The zero-order valence-corrected chi connectivity index (χ0v) is 14.3. The Morgan fingerprint density at radius 3 is 2.42 bits per heavy atom. The molecule has 1 atom stereocenters. The van der Waals surface area contributed by atoms with Gasteiger partial charge < -0.3 is 9.84 Å². The second-order valence-corrected chi connectivity index (χ2v) is 5.89. The average Bonchev–Trinajstić information content (AvgIpc) is 2.68. The van der Waals surface area contributed by atoms with Crippen LogP contribution in [0.15, 0.2) is 66.7 Å². The number of benzene rings is 3. The summed E-state index contributed by atoms with van der Waals surface area (Å²) >= 11 is 0. The van der Waals surface area contributed by atoms with E-state index >= 15 is 0 Å². The van der Waals surface area contributed by atoms with Gasteiger partial charge >= 0.3 is 6.09 Å². The maximum Gasteiger partial charge on any atom is 0.408 e. The summed E-state index contributed by atoms with van der Waals surface area (Å²) in [6.45, 7) is 0.108. The van der Waals surface area contributed by atoms with E-state index in [-0.39, 0.29) is 6.54 Å². The van der Waals surface area contributed by atoms with Gasteiger partial charge in [-0.1, -0.05) is 48.5 Å². The quantitative estimate of drug-likeness (QED) is 0.726. The van der Waals surface area contributed by atoms with E-state index in [0.717, 1.165) is 27.0 Å². The summed E-state index contributed by atoms with van der Waals surface area (Å²) in [6.07, 6.45) is 0.708. The van der Waals surface area contributed by atoms with Gasteiger partial charge in [0.25, 0.3) is 0 Å². The molecular formula is C21H18NO4. The molecule has 3 aromatic rings. The van der Waals surface area contributed by atoms with Crippen molar-refractivity contribution in [1.29, 1.82) is 0 Å². The van der Waals surface area contributed by atoms with Gasteiger partial charge in [0.1, 0.15) is 11.8 Å². The van der Waals surface area contributed by atoms with Crippen molar-refractivity contribution < 1.29 is 19.4 Å². The van der Waals surface area contributed by atoms with Gasteiger partial charge in [-0.3, -0.25) is 9.69 Å². The molecule has 0 bridgehead atoms. The topological polar surface area (TPSA) is 66.8 Å². The molecule has 0 spiro atoms. The highest BCUT2D eigenvalue weighted by Gasteiger charge is 2.25. The third kappa shape index (κ3) is 3.67. The largest absolute Gasteiger partial charge is 0.497 e. The van der Waals surface area contributed by atoms with E-state index in [9.17, 15) is 14.7 Å². The van der Waals surface area contributed by atoms with E-state index in [1.54, 1.807) is 13.2 Å². The number of rotatable bonds is 6. The molecule has 1 amide bonds. The third-order valence-electron chi connectivity index (χ3n) is 4.25. The number of methoxy groups -OCH3 is 1. The molecule has 0 aliphatic carbocycles. The van der Waals surface area contributed by atoms with E-state index in [1.807, 2.05) is 66.9 Å². The number of amides is 1. The Balaban J connectivity index is 1.96. The number of hydrogen-bond donors (Lipinski definition) is 1. The summed E-state index contributed by atoms with van der Waals surface area (Å²) in [6, 6.07) is 19.2. The fourth-order valence-corrected chi connectivity index (χ4v) is 2.90. The maximum absolute atomic E-state index is 11.8. The number of ether oxygens (including phenoxy) is 1. The number of carbonyl (C=O) groups is 1. The maximum atomic E-state index is 11.8. The molecule has 1 N–H and O–H groups in total. The van der Waals surface area contributed by atoms with Crippen LogP contribution in [0.4, 0.5) is 4.79 Å². The molecule has 0 saturated carbocycles. The molecule has 0 aliphatic rings. The minimum atomic E-state index is -1.17. The first-order valence-corrected chi connectivity index (χ1v) is 8.11. The second-order valence-electron chi connectivity index (χ2n) is 5.89. The lowest BCUT2D eigenvalue weighted by Gasteiger charge is -2.25. The van der Waals surface area contributed by atoms with Crippen LogP contribution in [0.1, 0.15) is 17.2 Å². The first kappa shape index (κ1) is 17.5. The zero-order valence-electron chi connectivity index (χ0n) is 14.3. The Kier molecular flexibility index (Phi) is 5.17. The Morgan fingerprint density at radius 2 is 1.77 bits per heavy atom. The molecule has 3 aromatic carbocycles. The van der Waals surface area contributed by atoms with Crippen LogP contribution in [0.2, 0.25) is 0 Å². The Hall–Kier alpha value is -3.34. The van der Waals surface area contributed by atoms with Crippen LogP contribution in [0.25, 0.3) is 10.8 Å². The summed E-state index contributed by atoms with van der Waals surface area (Å²) in [4.78, 5) is 24.5. The van der Waals surface area contributed by atoms with Gasteiger partial charge in [-0.2, -0.15) is 0 Å². The van der Waals surface area contributed by atoms with Crippen LogP contribution in [-0.2, 0) is 11.3 Å². The highest BCUT2D eigenvalue weighted by Crippen LogP contribution is 2.27. The molecule has 26 heavy (non-hydrogen) atoms. The van der Waals surface area contributed by atoms with Crippen molar-refractivity contribution >= 4 is 23.2 Å². The minimum Gasteiger partial charge on any atom is -0.497 e. The van der Waals surface area contributed by atoms with Gasteiger partial charge in [0.05, 0.1) is 13.7 Å². The molecule has 5 heteroatoms. The van der Waals surface area contributed by atoms with Crippen molar-refractivity contribution in [3.8, 4) is 5.75 Å². The van der Waals surface area contributed by atoms with Gasteiger partial charge in [-0.15, -0.1) is 0 Å². The molecule has 1 unspecified atom stereocenters. The molecule has 5 nitrogen and oxygen atoms in total. The van der Waals surface area contributed by atoms with Crippen molar-refractivity contribution in [3.63, 3.8) is 0 Å². The summed E-state index contributed by atoms with van der Waals surface area (Å²) in [5, 5.41) is 11.5. The molecule has 0 heterocycles. The predicted molar refractivity (Wildman–Crippen MR) is 98.9 cm³/mol. The van der Waals surface area contributed by atoms with Crippen molar-refractivity contribution in [2.75, 3.05) is 7.11 Å². The highest BCUT2D eigenvalue weighted by atomic mass is 16.5. The fraction of sp³-hybridized carbons (Fsp3) is 0.143. The first-order valence-electron chi connectivity index (χ1n) is 8.11. The minimum absolute atomic E-state index is 0.108. The summed E-state index contributed by atoms with van der Waals surface area (Å²) in [5.74, 6) is 0.736. The number of hydrogen-bond acceptors (Lipinski definition) is 3. The van der Waals surface area contributed by atoms with E-state index in [1.165, 1.54) is 0 Å². The lowest BCUT2D eigenvalue weighted by Crippen LogP contribution is -2.34. The molecule has 1 radical (unpaired) electrons. The Bertz CT molecular complexity index is 924. The number of carboxylic acid groups (broad SMARTS) is 1. The smallest absolute Gasteiger partial charge is 0.408 e. The van der Waals surface area contributed by atoms with Crippen LogP contribution >= 0.6 is 0 Å². The normalized spacial score (nSPS) is 11.7. The molecule has 0 aliphatic heterocycles. The van der Waals surface area contributed by atoms with Crippen LogP contribution in [0.3, 0.4) is 0 Å². The van der Waals surface area contributed by atoms with Crippen molar-refractivity contribution in [2.24, 2.45) is 0 Å².